The number of aromatic nitrogens is 3. The maximum atomic E-state index is 10.4. The van der Waals surface area contributed by atoms with Gasteiger partial charge in [0.05, 0.1) is 18.7 Å². The van der Waals surface area contributed by atoms with Crippen molar-refractivity contribution < 1.29 is 14.6 Å². The van der Waals surface area contributed by atoms with E-state index in [0.29, 0.717) is 12.3 Å². The van der Waals surface area contributed by atoms with Crippen molar-refractivity contribution in [2.75, 3.05) is 13.2 Å². The first-order valence-corrected chi connectivity index (χ1v) is 5.42. The van der Waals surface area contributed by atoms with Gasteiger partial charge in [0.2, 0.25) is 0 Å². The summed E-state index contributed by atoms with van der Waals surface area (Å²) in [5.74, 6) is -0.298. The fourth-order valence-corrected chi connectivity index (χ4v) is 1.77. The summed E-state index contributed by atoms with van der Waals surface area (Å²) in [5.41, 5.74) is 0.737. The number of rotatable bonds is 5. The minimum Gasteiger partial charge on any atom is -0.481 e. The van der Waals surface area contributed by atoms with Gasteiger partial charge in [0.25, 0.3) is 0 Å². The van der Waals surface area contributed by atoms with Crippen LogP contribution in [0.15, 0.2) is 6.20 Å². The molecule has 1 unspecified atom stereocenters. The molecule has 0 radical (unpaired) electrons. The van der Waals surface area contributed by atoms with Crippen molar-refractivity contribution in [3.8, 4) is 0 Å². The molecule has 16 heavy (non-hydrogen) atoms. The van der Waals surface area contributed by atoms with Crippen LogP contribution in [-0.4, -0.2) is 39.3 Å². The molecular formula is C10H15N3O3. The van der Waals surface area contributed by atoms with Crippen LogP contribution in [0, 0.1) is 5.92 Å². The second-order valence-electron chi connectivity index (χ2n) is 4.06. The molecule has 0 aliphatic carbocycles. The number of ether oxygens (including phenoxy) is 1. The first-order valence-electron chi connectivity index (χ1n) is 5.42. The molecule has 0 amide bonds. The van der Waals surface area contributed by atoms with E-state index in [1.165, 1.54) is 0 Å². The average molecular weight is 225 g/mol. The molecule has 2 rings (SSSR count). The lowest BCUT2D eigenvalue weighted by molar-refractivity contribution is -0.136. The van der Waals surface area contributed by atoms with Crippen molar-refractivity contribution in [3.63, 3.8) is 0 Å². The highest BCUT2D eigenvalue weighted by atomic mass is 16.5. The van der Waals surface area contributed by atoms with Crippen LogP contribution >= 0.6 is 0 Å². The van der Waals surface area contributed by atoms with Gasteiger partial charge in [0.1, 0.15) is 0 Å². The number of nitrogens with zero attached hydrogens (tertiary/aromatic N) is 3. The van der Waals surface area contributed by atoms with Crippen molar-refractivity contribution in [1.29, 1.82) is 0 Å². The van der Waals surface area contributed by atoms with Crippen LogP contribution in [-0.2, 0) is 22.5 Å². The lowest BCUT2D eigenvalue weighted by atomic mass is 10.1. The van der Waals surface area contributed by atoms with E-state index in [4.69, 9.17) is 9.84 Å². The van der Waals surface area contributed by atoms with Gasteiger partial charge < -0.3 is 9.84 Å². The molecule has 6 nitrogen and oxygen atoms in total. The Morgan fingerprint density at radius 2 is 2.56 bits per heavy atom. The van der Waals surface area contributed by atoms with E-state index < -0.39 is 5.97 Å². The van der Waals surface area contributed by atoms with Crippen molar-refractivity contribution in [1.82, 2.24) is 15.0 Å². The van der Waals surface area contributed by atoms with E-state index >= 15 is 0 Å². The smallest absolute Gasteiger partial charge is 0.303 e. The minimum atomic E-state index is -0.807. The molecule has 2 heterocycles. The predicted octanol–water partition coefficient (Wildman–Crippen LogP) is 0.332. The molecule has 1 N–H and O–H groups in total. The Morgan fingerprint density at radius 1 is 1.69 bits per heavy atom. The summed E-state index contributed by atoms with van der Waals surface area (Å²) < 4.78 is 7.05. The molecule has 88 valence electrons. The van der Waals surface area contributed by atoms with Crippen LogP contribution in [0.25, 0.3) is 0 Å². The Kier molecular flexibility index (Phi) is 3.51. The Morgan fingerprint density at radius 3 is 3.25 bits per heavy atom. The molecule has 6 heteroatoms. The highest BCUT2D eigenvalue weighted by Crippen LogP contribution is 2.14. The van der Waals surface area contributed by atoms with Crippen LogP contribution < -0.4 is 0 Å². The van der Waals surface area contributed by atoms with E-state index in [-0.39, 0.29) is 6.42 Å². The predicted molar refractivity (Wildman–Crippen MR) is 54.9 cm³/mol. The maximum absolute atomic E-state index is 10.4. The molecule has 0 bridgehead atoms. The highest BCUT2D eigenvalue weighted by molar-refractivity contribution is 5.66. The second kappa shape index (κ2) is 5.07. The summed E-state index contributed by atoms with van der Waals surface area (Å²) in [5, 5.41) is 16.5. The highest BCUT2D eigenvalue weighted by Gasteiger charge is 2.16. The van der Waals surface area contributed by atoms with E-state index in [1.807, 2.05) is 6.20 Å². The Hall–Kier alpha value is -1.43. The zero-order valence-corrected chi connectivity index (χ0v) is 9.00. The minimum absolute atomic E-state index is 0.102. The van der Waals surface area contributed by atoms with Crippen molar-refractivity contribution in [2.45, 2.75) is 25.8 Å². The van der Waals surface area contributed by atoms with Crippen LogP contribution in [0.1, 0.15) is 18.5 Å². The first-order chi connectivity index (χ1) is 7.74. The summed E-state index contributed by atoms with van der Waals surface area (Å²) in [6.07, 6.45) is 3.42. The topological polar surface area (TPSA) is 77.2 Å². The third kappa shape index (κ3) is 3.03. The van der Waals surface area contributed by atoms with Gasteiger partial charge >= 0.3 is 5.97 Å². The van der Waals surface area contributed by atoms with Gasteiger partial charge in [-0.25, -0.2) is 0 Å². The standard InChI is InChI=1S/C10H15N3O3/c14-10(15)2-1-9-6-13(12-11-9)5-8-3-4-16-7-8/h6,8H,1-5,7H2,(H,14,15). The zero-order valence-electron chi connectivity index (χ0n) is 9.00. The molecule has 0 aromatic carbocycles. The summed E-state index contributed by atoms with van der Waals surface area (Å²) in [6, 6.07) is 0. The molecule has 1 atom stereocenters. The van der Waals surface area contributed by atoms with Crippen molar-refractivity contribution >= 4 is 5.97 Å². The number of aliphatic carboxylic acids is 1. The molecule has 1 aliphatic rings. The molecular weight excluding hydrogens is 210 g/mol. The van der Waals surface area contributed by atoms with Gasteiger partial charge in [0, 0.05) is 31.7 Å². The van der Waals surface area contributed by atoms with Gasteiger partial charge in [0.15, 0.2) is 0 Å². The number of hydrogen-bond acceptors (Lipinski definition) is 4. The summed E-state index contributed by atoms with van der Waals surface area (Å²) in [7, 11) is 0. The maximum Gasteiger partial charge on any atom is 0.303 e. The summed E-state index contributed by atoms with van der Waals surface area (Å²) >= 11 is 0. The van der Waals surface area contributed by atoms with E-state index in [2.05, 4.69) is 10.3 Å². The van der Waals surface area contributed by atoms with Crippen molar-refractivity contribution in [3.05, 3.63) is 11.9 Å². The fraction of sp³-hybridized carbons (Fsp3) is 0.700. The van der Waals surface area contributed by atoms with Gasteiger partial charge in [-0.15, -0.1) is 5.10 Å². The normalized spacial score (nSPS) is 20.1. The molecule has 1 aliphatic heterocycles. The van der Waals surface area contributed by atoms with Crippen LogP contribution in [0.3, 0.4) is 0 Å². The fourth-order valence-electron chi connectivity index (χ4n) is 1.77. The van der Waals surface area contributed by atoms with E-state index in [0.717, 1.165) is 31.9 Å². The third-order valence-electron chi connectivity index (χ3n) is 2.65. The number of hydrogen-bond donors (Lipinski definition) is 1. The summed E-state index contributed by atoms with van der Waals surface area (Å²) in [6.45, 7) is 2.41. The molecule has 1 aromatic rings. The van der Waals surface area contributed by atoms with E-state index in [9.17, 15) is 4.79 Å². The molecule has 1 fully saturated rings. The van der Waals surface area contributed by atoms with Crippen molar-refractivity contribution in [2.24, 2.45) is 5.92 Å². The average Bonchev–Trinajstić information content (AvgIpc) is 2.87. The molecule has 1 saturated heterocycles. The molecule has 1 aromatic heterocycles. The summed E-state index contributed by atoms with van der Waals surface area (Å²) in [4.78, 5) is 10.4. The first kappa shape index (κ1) is 11.1. The van der Waals surface area contributed by atoms with Gasteiger partial charge in [-0.3, -0.25) is 9.48 Å². The number of carboxylic acid groups (broad SMARTS) is 1. The number of carbonyl (C=O) groups is 1. The largest absolute Gasteiger partial charge is 0.481 e. The van der Waals surface area contributed by atoms with E-state index in [1.54, 1.807) is 4.68 Å². The number of aryl methyl sites for hydroxylation is 1. The number of carboxylic acids is 1. The Balaban J connectivity index is 1.84. The van der Waals surface area contributed by atoms with Gasteiger partial charge in [-0.05, 0) is 6.42 Å². The Bertz CT molecular complexity index is 358. The SMILES string of the molecule is O=C(O)CCc1cn(CC2CCOC2)nn1. The van der Waals surface area contributed by atoms with Crippen LogP contribution in [0.5, 0.6) is 0 Å². The molecule has 0 spiro atoms. The molecule has 0 saturated carbocycles. The Labute approximate surface area is 93.2 Å². The monoisotopic (exact) mass is 225 g/mol. The third-order valence-corrected chi connectivity index (χ3v) is 2.65. The van der Waals surface area contributed by atoms with Gasteiger partial charge in [-0.2, -0.15) is 0 Å². The lowest BCUT2D eigenvalue weighted by Gasteiger charge is -2.05. The van der Waals surface area contributed by atoms with Crippen LogP contribution in [0.2, 0.25) is 0 Å². The second-order valence-corrected chi connectivity index (χ2v) is 4.06. The lowest BCUT2D eigenvalue weighted by Crippen LogP contribution is -2.11. The van der Waals surface area contributed by atoms with Gasteiger partial charge in [-0.1, -0.05) is 5.21 Å². The zero-order chi connectivity index (χ0) is 11.4. The van der Waals surface area contributed by atoms with Crippen LogP contribution in [0.4, 0.5) is 0 Å². The quantitative estimate of drug-likeness (QED) is 0.781.